The van der Waals surface area contributed by atoms with Gasteiger partial charge in [0.25, 0.3) is 0 Å². The third-order valence-corrected chi connectivity index (χ3v) is 3.37. The molecule has 2 atom stereocenters. The Balaban J connectivity index is 2.09. The zero-order valence-electron chi connectivity index (χ0n) is 11.1. The van der Waals surface area contributed by atoms with Crippen LogP contribution in [0.25, 0.3) is 0 Å². The molecule has 5 heteroatoms. The molecule has 0 spiro atoms. The average molecular weight is 250 g/mol. The Kier molecular flexibility index (Phi) is 4.36. The van der Waals surface area contributed by atoms with E-state index in [4.69, 9.17) is 10.5 Å². The summed E-state index contributed by atoms with van der Waals surface area (Å²) in [6.45, 7) is 5.12. The van der Waals surface area contributed by atoms with Crippen molar-refractivity contribution in [1.82, 2.24) is 9.97 Å². The molecule has 1 fully saturated rings. The van der Waals surface area contributed by atoms with Gasteiger partial charge in [-0.3, -0.25) is 0 Å². The van der Waals surface area contributed by atoms with Crippen molar-refractivity contribution in [3.8, 4) is 0 Å². The summed E-state index contributed by atoms with van der Waals surface area (Å²) in [4.78, 5) is 8.37. The number of nitrogens with zero attached hydrogens (tertiary/aromatic N) is 2. The van der Waals surface area contributed by atoms with E-state index < -0.39 is 0 Å². The van der Waals surface area contributed by atoms with Crippen LogP contribution in [0, 0.1) is 0 Å². The number of rotatable bonds is 5. The molecule has 0 bridgehead atoms. The van der Waals surface area contributed by atoms with E-state index in [0.717, 1.165) is 43.7 Å². The molecule has 1 aliphatic heterocycles. The maximum atomic E-state index is 5.91. The lowest BCUT2D eigenvalue weighted by Gasteiger charge is -2.22. The summed E-state index contributed by atoms with van der Waals surface area (Å²) in [5, 5.41) is 3.42. The van der Waals surface area contributed by atoms with E-state index in [-0.39, 0.29) is 12.1 Å². The zero-order valence-corrected chi connectivity index (χ0v) is 11.1. The van der Waals surface area contributed by atoms with Crippen LogP contribution in [0.1, 0.15) is 38.7 Å². The molecular formula is C13H22N4O. The van der Waals surface area contributed by atoms with Crippen LogP contribution in [0.5, 0.6) is 0 Å². The molecule has 5 nitrogen and oxygen atoms in total. The quantitative estimate of drug-likeness (QED) is 0.836. The Hall–Kier alpha value is -1.36. The van der Waals surface area contributed by atoms with Crippen molar-refractivity contribution in [2.45, 2.75) is 51.7 Å². The summed E-state index contributed by atoms with van der Waals surface area (Å²) in [6.07, 6.45) is 5.96. The molecular weight excluding hydrogens is 228 g/mol. The van der Waals surface area contributed by atoms with E-state index in [0.29, 0.717) is 5.82 Å². The second-order valence-electron chi connectivity index (χ2n) is 4.82. The van der Waals surface area contributed by atoms with E-state index in [1.807, 2.05) is 0 Å². The molecule has 1 aromatic rings. The monoisotopic (exact) mass is 250 g/mol. The molecule has 1 aliphatic rings. The van der Waals surface area contributed by atoms with Crippen LogP contribution >= 0.6 is 0 Å². The van der Waals surface area contributed by atoms with Gasteiger partial charge in [0.1, 0.15) is 18.0 Å². The number of nitrogen functional groups attached to an aromatic ring is 1. The smallest absolute Gasteiger partial charge is 0.135 e. The molecule has 0 radical (unpaired) electrons. The lowest BCUT2D eigenvalue weighted by Crippen LogP contribution is -2.31. The Morgan fingerprint density at radius 3 is 3.06 bits per heavy atom. The molecule has 0 aromatic carbocycles. The first kappa shape index (κ1) is 13.1. The van der Waals surface area contributed by atoms with Gasteiger partial charge in [0.15, 0.2) is 0 Å². The van der Waals surface area contributed by atoms with Crippen LogP contribution in [0.15, 0.2) is 6.33 Å². The molecule has 0 saturated carbocycles. The van der Waals surface area contributed by atoms with Gasteiger partial charge in [0.2, 0.25) is 0 Å². The third-order valence-electron chi connectivity index (χ3n) is 3.37. The minimum absolute atomic E-state index is 0.248. The Bertz CT molecular complexity index is 391. The predicted molar refractivity (Wildman–Crippen MR) is 72.5 cm³/mol. The van der Waals surface area contributed by atoms with Crippen molar-refractivity contribution in [1.29, 1.82) is 0 Å². The molecule has 1 aromatic heterocycles. The van der Waals surface area contributed by atoms with Crippen molar-refractivity contribution in [2.75, 3.05) is 17.7 Å². The summed E-state index contributed by atoms with van der Waals surface area (Å²) in [6, 6.07) is 0.248. The first-order valence-corrected chi connectivity index (χ1v) is 6.69. The molecule has 0 amide bonds. The van der Waals surface area contributed by atoms with Crippen molar-refractivity contribution in [3.05, 3.63) is 11.9 Å². The molecule has 2 unspecified atom stereocenters. The van der Waals surface area contributed by atoms with E-state index in [9.17, 15) is 0 Å². The second kappa shape index (κ2) is 6.00. The predicted octanol–water partition coefficient (Wildman–Crippen LogP) is 1.99. The largest absolute Gasteiger partial charge is 0.383 e. The van der Waals surface area contributed by atoms with E-state index in [1.54, 1.807) is 0 Å². The highest BCUT2D eigenvalue weighted by atomic mass is 16.5. The van der Waals surface area contributed by atoms with Gasteiger partial charge in [-0.2, -0.15) is 0 Å². The number of ether oxygens (including phenoxy) is 1. The van der Waals surface area contributed by atoms with Crippen LogP contribution in [-0.2, 0) is 11.2 Å². The van der Waals surface area contributed by atoms with Gasteiger partial charge in [-0.05, 0) is 26.2 Å². The minimum Gasteiger partial charge on any atom is -0.383 e. The molecule has 100 valence electrons. The highest BCUT2D eigenvalue weighted by Crippen LogP contribution is 2.23. The molecule has 3 N–H and O–H groups in total. The summed E-state index contributed by atoms with van der Waals surface area (Å²) in [5.41, 5.74) is 6.93. The summed E-state index contributed by atoms with van der Waals surface area (Å²) in [7, 11) is 0. The van der Waals surface area contributed by atoms with Crippen molar-refractivity contribution >= 4 is 11.6 Å². The summed E-state index contributed by atoms with van der Waals surface area (Å²) < 4.78 is 5.68. The van der Waals surface area contributed by atoms with Gasteiger partial charge in [0.05, 0.1) is 12.1 Å². The van der Waals surface area contributed by atoms with E-state index in [1.165, 1.54) is 6.33 Å². The van der Waals surface area contributed by atoms with Crippen molar-refractivity contribution in [3.63, 3.8) is 0 Å². The average Bonchev–Trinajstić information content (AvgIpc) is 2.87. The second-order valence-corrected chi connectivity index (χ2v) is 4.82. The number of aromatic nitrogens is 2. The van der Waals surface area contributed by atoms with E-state index >= 15 is 0 Å². The van der Waals surface area contributed by atoms with Gasteiger partial charge >= 0.3 is 0 Å². The van der Waals surface area contributed by atoms with E-state index in [2.05, 4.69) is 29.1 Å². The lowest BCUT2D eigenvalue weighted by molar-refractivity contribution is 0.0995. The SMILES string of the molecule is CCCc1c(N)ncnc1NC(C)C1CCCO1. The maximum absolute atomic E-state index is 5.91. The van der Waals surface area contributed by atoms with Crippen molar-refractivity contribution in [2.24, 2.45) is 0 Å². The Morgan fingerprint density at radius 2 is 2.39 bits per heavy atom. The maximum Gasteiger partial charge on any atom is 0.135 e. The fourth-order valence-electron chi connectivity index (χ4n) is 2.35. The Morgan fingerprint density at radius 1 is 1.56 bits per heavy atom. The van der Waals surface area contributed by atoms with Gasteiger partial charge < -0.3 is 15.8 Å². The highest BCUT2D eigenvalue weighted by molar-refractivity contribution is 5.55. The first-order chi connectivity index (χ1) is 8.72. The van der Waals surface area contributed by atoms with Gasteiger partial charge in [-0.15, -0.1) is 0 Å². The lowest BCUT2D eigenvalue weighted by atomic mass is 10.1. The third kappa shape index (κ3) is 2.90. The number of hydrogen-bond donors (Lipinski definition) is 2. The van der Waals surface area contributed by atoms with Crippen LogP contribution in [-0.4, -0.2) is 28.7 Å². The normalized spacial score (nSPS) is 20.9. The Labute approximate surface area is 108 Å². The number of nitrogens with one attached hydrogen (secondary N) is 1. The van der Waals surface area contributed by atoms with Crippen LogP contribution in [0.4, 0.5) is 11.6 Å². The van der Waals surface area contributed by atoms with Crippen LogP contribution in [0.3, 0.4) is 0 Å². The summed E-state index contributed by atoms with van der Waals surface area (Å²) in [5.74, 6) is 1.43. The minimum atomic E-state index is 0.248. The topological polar surface area (TPSA) is 73.1 Å². The zero-order chi connectivity index (χ0) is 13.0. The number of nitrogens with two attached hydrogens (primary N) is 1. The van der Waals surface area contributed by atoms with Gasteiger partial charge in [-0.1, -0.05) is 13.3 Å². The van der Waals surface area contributed by atoms with Gasteiger partial charge in [0, 0.05) is 12.2 Å². The fraction of sp³-hybridized carbons (Fsp3) is 0.692. The molecule has 0 aliphatic carbocycles. The van der Waals surface area contributed by atoms with Crippen LogP contribution in [0.2, 0.25) is 0 Å². The highest BCUT2D eigenvalue weighted by Gasteiger charge is 2.23. The number of hydrogen-bond acceptors (Lipinski definition) is 5. The fourth-order valence-corrected chi connectivity index (χ4v) is 2.35. The van der Waals surface area contributed by atoms with Crippen molar-refractivity contribution < 1.29 is 4.74 Å². The number of anilines is 2. The first-order valence-electron chi connectivity index (χ1n) is 6.69. The molecule has 2 heterocycles. The molecule has 2 rings (SSSR count). The molecule has 1 saturated heterocycles. The van der Waals surface area contributed by atoms with Crippen LogP contribution < -0.4 is 11.1 Å². The standard InChI is InChI=1S/C13H22N4O/c1-3-5-10-12(14)15-8-16-13(10)17-9(2)11-6-4-7-18-11/h8-9,11H,3-7H2,1-2H3,(H3,14,15,16,17). The summed E-state index contributed by atoms with van der Waals surface area (Å²) >= 11 is 0. The molecule has 18 heavy (non-hydrogen) atoms. The van der Waals surface area contributed by atoms with Gasteiger partial charge in [-0.25, -0.2) is 9.97 Å².